The molecule has 2 saturated heterocycles. The zero-order valence-electron chi connectivity index (χ0n) is 64.8. The lowest BCUT2D eigenvalue weighted by Gasteiger charge is -2.37. The summed E-state index contributed by atoms with van der Waals surface area (Å²) in [4.78, 5) is 189. The highest BCUT2D eigenvalue weighted by molar-refractivity contribution is 5.98. The van der Waals surface area contributed by atoms with E-state index in [-0.39, 0.29) is 94.3 Å². The van der Waals surface area contributed by atoms with Gasteiger partial charge in [-0.15, -0.1) is 0 Å². The Morgan fingerprint density at radius 1 is 0.559 bits per heavy atom. The molecule has 2 heterocycles. The van der Waals surface area contributed by atoms with Crippen molar-refractivity contribution < 1.29 is 62.6 Å². The molecule has 4 rings (SSSR count). The van der Waals surface area contributed by atoms with E-state index in [9.17, 15) is 38.7 Å². The molecule has 0 aliphatic carbocycles. The van der Waals surface area contributed by atoms with Crippen LogP contribution in [-0.4, -0.2) is 252 Å². The number of benzene rings is 2. The molecule has 2 aliphatic heterocycles. The van der Waals surface area contributed by atoms with E-state index >= 15 is 24.0 Å². The Hall–Kier alpha value is -7.96. The van der Waals surface area contributed by atoms with Crippen molar-refractivity contribution in [2.45, 2.75) is 203 Å². The molecule has 2 aromatic carbocycles. The van der Waals surface area contributed by atoms with Gasteiger partial charge in [0.05, 0.1) is 36.2 Å². The van der Waals surface area contributed by atoms with Crippen molar-refractivity contribution in [2.24, 2.45) is 53.3 Å². The Morgan fingerprint density at radius 2 is 1.07 bits per heavy atom. The van der Waals surface area contributed by atoms with Gasteiger partial charge >= 0.3 is 0 Å². The largest absolute Gasteiger partial charge is 0.391 e. The molecule has 25 heteroatoms. The molecule has 102 heavy (non-hydrogen) atoms. The van der Waals surface area contributed by atoms with Gasteiger partial charge in [0.2, 0.25) is 70.9 Å². The maximum Gasteiger partial charge on any atom is 0.247 e. The van der Waals surface area contributed by atoms with E-state index in [2.05, 4.69) is 21.3 Å². The minimum Gasteiger partial charge on any atom is -0.391 e. The number of nitrogens with zero attached hydrogens (tertiary/aromatic N) is 8. The molecule has 2 fully saturated rings. The van der Waals surface area contributed by atoms with Gasteiger partial charge in [0.15, 0.2) is 0 Å². The summed E-state index contributed by atoms with van der Waals surface area (Å²) in [6.45, 7) is 23.6. The number of carbonyl (C=O) groups excluding carboxylic acids is 12. The van der Waals surface area contributed by atoms with E-state index in [0.717, 1.165) is 24.8 Å². The van der Waals surface area contributed by atoms with Crippen LogP contribution < -0.4 is 21.3 Å². The van der Waals surface area contributed by atoms with Crippen LogP contribution in [0.3, 0.4) is 0 Å². The second kappa shape index (κ2) is 40.8. The molecule has 2 aromatic rings. The van der Waals surface area contributed by atoms with Gasteiger partial charge in [-0.2, -0.15) is 0 Å². The maximum atomic E-state index is 15.4. The lowest BCUT2D eigenvalue weighted by atomic mass is 9.91. The van der Waals surface area contributed by atoms with E-state index in [1.807, 2.05) is 99.6 Å². The van der Waals surface area contributed by atoms with Gasteiger partial charge < -0.3 is 65.6 Å². The van der Waals surface area contributed by atoms with Crippen molar-refractivity contribution in [3.8, 4) is 0 Å². The Kier molecular flexibility index (Phi) is 34.6. The molecule has 5 N–H and O–H groups in total. The van der Waals surface area contributed by atoms with Crippen molar-refractivity contribution >= 4 is 70.9 Å². The van der Waals surface area contributed by atoms with Crippen LogP contribution in [0.15, 0.2) is 60.7 Å². The topological polar surface area (TPSA) is 299 Å². The molecule has 2 aliphatic rings. The quantitative estimate of drug-likeness (QED) is 0.133. The van der Waals surface area contributed by atoms with Crippen LogP contribution in [0.2, 0.25) is 0 Å². The highest BCUT2D eigenvalue weighted by Crippen LogP contribution is 2.26. The summed E-state index contributed by atoms with van der Waals surface area (Å²) in [6.07, 6.45) is 1.05. The summed E-state index contributed by atoms with van der Waals surface area (Å²) < 4.78 is 0. The molecule has 12 amide bonds. The zero-order chi connectivity index (χ0) is 76.7. The molecule has 0 aromatic heterocycles. The summed E-state index contributed by atoms with van der Waals surface area (Å²) in [6, 6.07) is 9.84. The highest BCUT2D eigenvalue weighted by Gasteiger charge is 2.43. The average molecular weight is 1430 g/mol. The third kappa shape index (κ3) is 25.5. The first-order chi connectivity index (χ1) is 47.8. The number of aliphatic hydroxyl groups is 1. The molecular formula is C77H124N12O13. The SMILES string of the molecule is CC(C)C[C@@H]1CN(C)C(=O)[C@H](CC(C)C)N(C)C(=O)[C@H](C(C)C)CN(C)C(=O)[C@H]([C@@H](C)O)NC(=O)[C@H](CC(C)C)N(C)C(=O)[C@H](Cc2ccccc2)CN(C)C(=O)C[C@H](C)N(C)C(=O)[C@@H](C(C)C)CNC(=O)C[C@@H](C(=O)N(C)[C@@H](Cc2ccccc2)C(=O)N[C@@H](C)C(=O)N2CCCCC2)NC1=O. The van der Waals surface area contributed by atoms with Gasteiger partial charge in [-0.3, -0.25) is 57.5 Å². The second-order valence-electron chi connectivity index (χ2n) is 30.9. The van der Waals surface area contributed by atoms with Crippen LogP contribution in [0.5, 0.6) is 0 Å². The number of likely N-dealkylation sites (N-methyl/N-ethyl adjacent to an activating group) is 5. The third-order valence-electron chi connectivity index (χ3n) is 20.1. The minimum atomic E-state index is -1.64. The Labute approximate surface area is 607 Å². The van der Waals surface area contributed by atoms with Crippen LogP contribution in [0.25, 0.3) is 0 Å². The first kappa shape index (κ1) is 86.4. The van der Waals surface area contributed by atoms with Gasteiger partial charge in [-0.05, 0) is 106 Å². The van der Waals surface area contributed by atoms with E-state index in [1.165, 1.54) is 76.5 Å². The van der Waals surface area contributed by atoms with Gasteiger partial charge in [-0.25, -0.2) is 0 Å². The van der Waals surface area contributed by atoms with Gasteiger partial charge in [0.25, 0.3) is 0 Å². The number of aliphatic hydroxyl groups excluding tert-OH is 1. The number of hydrogen-bond donors (Lipinski definition) is 5. The number of carbonyl (C=O) groups is 12. The van der Waals surface area contributed by atoms with Crippen LogP contribution >= 0.6 is 0 Å². The van der Waals surface area contributed by atoms with Crippen molar-refractivity contribution in [3.05, 3.63) is 71.8 Å². The smallest absolute Gasteiger partial charge is 0.247 e. The number of hydrogen-bond acceptors (Lipinski definition) is 13. The summed E-state index contributed by atoms with van der Waals surface area (Å²) >= 11 is 0. The summed E-state index contributed by atoms with van der Waals surface area (Å²) in [5.74, 6) is -11.7. The lowest BCUT2D eigenvalue weighted by molar-refractivity contribution is -0.150. The van der Waals surface area contributed by atoms with Crippen molar-refractivity contribution in [1.29, 1.82) is 0 Å². The monoisotopic (exact) mass is 1420 g/mol. The number of likely N-dealkylation sites (tertiary alicyclic amines) is 1. The molecular weight excluding hydrogens is 1300 g/mol. The third-order valence-corrected chi connectivity index (χ3v) is 20.1. The van der Waals surface area contributed by atoms with E-state index < -0.39 is 149 Å². The van der Waals surface area contributed by atoms with Crippen LogP contribution in [-0.2, 0) is 70.4 Å². The average Bonchev–Trinajstić information content (AvgIpc) is 0.822. The molecule has 0 spiro atoms. The van der Waals surface area contributed by atoms with Crippen LogP contribution in [0, 0.1) is 53.3 Å². The lowest BCUT2D eigenvalue weighted by Crippen LogP contribution is -2.59. The summed E-state index contributed by atoms with van der Waals surface area (Å²) in [5, 5.41) is 22.6. The van der Waals surface area contributed by atoms with E-state index in [0.29, 0.717) is 18.7 Å². The maximum absolute atomic E-state index is 15.4. The second-order valence-corrected chi connectivity index (χ2v) is 30.9. The fourth-order valence-corrected chi connectivity index (χ4v) is 13.5. The van der Waals surface area contributed by atoms with Crippen LogP contribution in [0.4, 0.5) is 0 Å². The standard InChI is InChI=1S/C77H124N12O13/c1-47(2)36-57-44-83(15)76(101)64(38-49(5)6)88(20)74(99)60(51(9)10)46-84(16)77(102)67(54(13)90)81-70(95)62(37-48(3)4)86(18)72(97)58(40-55-30-24-21-25-31-55)45-82(14)66(92)39-52(11)85(17)73(98)59(50(7)8)43-78-65(91)42-61(80-68(57)93)75(100)87(19)63(41-56-32-26-22-27-33-56)69(94)79-53(12)71(96)89-34-28-23-29-35-89/h21-22,24-27,30-33,47-54,57-64,67,90H,23,28-29,34-46H2,1-20H3,(H,78,91)(H,79,94)(H,80,93)(H,81,95)/t52-,53-,54+,57+,58+,59+,60-,61-,62-,63-,64-,67-/m0/s1. The van der Waals surface area contributed by atoms with Crippen molar-refractivity contribution in [3.63, 3.8) is 0 Å². The Balaban J connectivity index is 1.89. The molecule has 0 unspecified atom stereocenters. The minimum absolute atomic E-state index is 0.0172. The fraction of sp³-hybridized carbons (Fsp3) is 0.688. The molecule has 12 atom stereocenters. The first-order valence-corrected chi connectivity index (χ1v) is 36.8. The number of nitrogens with one attached hydrogen (secondary N) is 4. The van der Waals surface area contributed by atoms with Crippen LogP contribution in [0.1, 0.15) is 153 Å². The molecule has 0 bridgehead atoms. The molecule has 570 valence electrons. The predicted molar refractivity (Wildman–Crippen MR) is 393 cm³/mol. The highest BCUT2D eigenvalue weighted by atomic mass is 16.3. The van der Waals surface area contributed by atoms with Crippen molar-refractivity contribution in [1.82, 2.24) is 60.5 Å². The fourth-order valence-electron chi connectivity index (χ4n) is 13.5. The summed E-state index contributed by atoms with van der Waals surface area (Å²) in [5.41, 5.74) is 1.46. The van der Waals surface area contributed by atoms with Gasteiger partial charge in [0.1, 0.15) is 36.3 Å². The predicted octanol–water partition coefficient (Wildman–Crippen LogP) is 4.87. The Bertz CT molecular complexity index is 3120. The molecule has 0 radical (unpaired) electrons. The van der Waals surface area contributed by atoms with Crippen molar-refractivity contribution in [2.75, 3.05) is 88.6 Å². The molecule has 25 nitrogen and oxygen atoms in total. The van der Waals surface area contributed by atoms with Gasteiger partial charge in [-0.1, -0.05) is 130 Å². The van der Waals surface area contributed by atoms with Gasteiger partial charge in [0, 0.05) is 107 Å². The number of piperidine rings is 1. The van der Waals surface area contributed by atoms with E-state index in [1.54, 1.807) is 63.2 Å². The van der Waals surface area contributed by atoms with E-state index in [4.69, 9.17) is 0 Å². The zero-order valence-corrected chi connectivity index (χ0v) is 64.8. The number of amides is 12. The number of rotatable bonds is 18. The first-order valence-electron chi connectivity index (χ1n) is 36.8. The molecule has 0 saturated carbocycles. The normalized spacial score (nSPS) is 24.5. The Morgan fingerprint density at radius 3 is 1.61 bits per heavy atom. The summed E-state index contributed by atoms with van der Waals surface area (Å²) in [7, 11) is 10.5.